The van der Waals surface area contributed by atoms with E-state index in [0.717, 1.165) is 4.91 Å². The zero-order chi connectivity index (χ0) is 5.98. The predicted molar refractivity (Wildman–Crippen MR) is 38.8 cm³/mol. The van der Waals surface area contributed by atoms with Crippen LogP contribution >= 0.6 is 12.6 Å². The number of hydrogen-bond acceptors (Lipinski definition) is 2. The average molecular weight is 127 g/mol. The van der Waals surface area contributed by atoms with Gasteiger partial charge in [0.05, 0.1) is 0 Å². The van der Waals surface area contributed by atoms with Crippen molar-refractivity contribution in [2.24, 2.45) is 0 Å². The molecule has 0 spiro atoms. The Kier molecular flexibility index (Phi) is 1.63. The highest BCUT2D eigenvalue weighted by Gasteiger charge is 1.96. The van der Waals surface area contributed by atoms with Crippen LogP contribution in [0, 0.1) is 0 Å². The lowest BCUT2D eigenvalue weighted by Gasteiger charge is -2.10. The fourth-order valence-corrected chi connectivity index (χ4v) is 0.724. The summed E-state index contributed by atoms with van der Waals surface area (Å²) >= 11 is 4.11. The van der Waals surface area contributed by atoms with Crippen LogP contribution in [0.3, 0.4) is 0 Å². The van der Waals surface area contributed by atoms with E-state index in [1.165, 1.54) is 0 Å². The van der Waals surface area contributed by atoms with Gasteiger partial charge in [-0.25, -0.2) is 0 Å². The summed E-state index contributed by atoms with van der Waals surface area (Å²) in [6.07, 6.45) is 5.96. The van der Waals surface area contributed by atoms with Crippen LogP contribution in [-0.2, 0) is 0 Å². The Hall–Kier alpha value is -0.370. The monoisotopic (exact) mass is 127 g/mol. The van der Waals surface area contributed by atoms with E-state index in [9.17, 15) is 0 Å². The molecular weight excluding hydrogens is 118 g/mol. The molecule has 2 heteroatoms. The minimum absolute atomic E-state index is 0.464. The molecule has 0 amide bonds. The van der Waals surface area contributed by atoms with Gasteiger partial charge in [-0.2, -0.15) is 0 Å². The van der Waals surface area contributed by atoms with Gasteiger partial charge in [0.2, 0.25) is 0 Å². The first kappa shape index (κ1) is 5.76. The molecule has 0 aromatic carbocycles. The third-order valence-electron chi connectivity index (χ3n) is 1.05. The molecule has 1 aliphatic rings. The highest BCUT2D eigenvalue weighted by atomic mass is 32.1. The van der Waals surface area contributed by atoms with Crippen molar-refractivity contribution in [2.45, 2.75) is 13.0 Å². The molecule has 0 saturated heterocycles. The van der Waals surface area contributed by atoms with Gasteiger partial charge in [0.25, 0.3) is 0 Å². The molecule has 0 saturated carbocycles. The number of hydrogen-bond donors (Lipinski definition) is 2. The zero-order valence-corrected chi connectivity index (χ0v) is 5.65. The number of allylic oxidation sites excluding steroid dienone is 1. The van der Waals surface area contributed by atoms with Crippen molar-refractivity contribution < 1.29 is 0 Å². The van der Waals surface area contributed by atoms with Crippen LogP contribution in [0.1, 0.15) is 6.92 Å². The first-order chi connectivity index (χ1) is 3.79. The Morgan fingerprint density at radius 1 is 1.75 bits per heavy atom. The van der Waals surface area contributed by atoms with E-state index >= 15 is 0 Å². The van der Waals surface area contributed by atoms with E-state index in [0.29, 0.717) is 6.04 Å². The molecule has 0 bridgehead atoms. The third kappa shape index (κ3) is 1.30. The first-order valence-electron chi connectivity index (χ1n) is 2.62. The number of rotatable bonds is 0. The van der Waals surface area contributed by atoms with Crippen molar-refractivity contribution in [1.82, 2.24) is 5.32 Å². The molecule has 1 unspecified atom stereocenters. The van der Waals surface area contributed by atoms with Gasteiger partial charge in [-0.05, 0) is 13.0 Å². The van der Waals surface area contributed by atoms with Gasteiger partial charge in [0.1, 0.15) is 0 Å². The Balaban J connectivity index is 2.58. The molecule has 1 aliphatic heterocycles. The molecule has 0 aromatic heterocycles. The Morgan fingerprint density at radius 3 is 2.88 bits per heavy atom. The van der Waals surface area contributed by atoms with Gasteiger partial charge in [-0.3, -0.25) is 0 Å². The van der Waals surface area contributed by atoms with Gasteiger partial charge >= 0.3 is 0 Å². The van der Waals surface area contributed by atoms with Crippen LogP contribution < -0.4 is 5.32 Å². The number of thiol groups is 1. The van der Waals surface area contributed by atoms with E-state index in [4.69, 9.17) is 0 Å². The molecule has 8 heavy (non-hydrogen) atoms. The van der Waals surface area contributed by atoms with E-state index < -0.39 is 0 Å². The lowest BCUT2D eigenvalue weighted by atomic mass is 10.2. The standard InChI is InChI=1S/C6H9NS/c1-5-2-3-6(8)4-7-5/h2-5,7-8H,1H3. The van der Waals surface area contributed by atoms with Crippen molar-refractivity contribution >= 4 is 12.6 Å². The second-order valence-corrected chi connectivity index (χ2v) is 2.40. The van der Waals surface area contributed by atoms with Gasteiger partial charge in [-0.1, -0.05) is 6.08 Å². The molecule has 0 radical (unpaired) electrons. The molecular formula is C6H9NS. The van der Waals surface area contributed by atoms with Gasteiger partial charge in [0, 0.05) is 17.1 Å². The van der Waals surface area contributed by atoms with Gasteiger partial charge in [0.15, 0.2) is 0 Å². The molecule has 1 N–H and O–H groups in total. The molecule has 1 atom stereocenters. The molecule has 1 heterocycles. The maximum atomic E-state index is 4.11. The average Bonchev–Trinajstić information content (AvgIpc) is 1.77. The van der Waals surface area contributed by atoms with Crippen molar-refractivity contribution in [1.29, 1.82) is 0 Å². The van der Waals surface area contributed by atoms with E-state index in [1.807, 2.05) is 12.3 Å². The lowest BCUT2D eigenvalue weighted by molar-refractivity contribution is 0.759. The maximum Gasteiger partial charge on any atom is 0.0414 e. The minimum atomic E-state index is 0.464. The van der Waals surface area contributed by atoms with Crippen molar-refractivity contribution in [2.75, 3.05) is 0 Å². The lowest BCUT2D eigenvalue weighted by Crippen LogP contribution is -2.19. The van der Waals surface area contributed by atoms with Crippen LogP contribution in [0.2, 0.25) is 0 Å². The summed E-state index contributed by atoms with van der Waals surface area (Å²) in [6, 6.07) is 0.464. The summed E-state index contributed by atoms with van der Waals surface area (Å²) in [5.74, 6) is 0. The second-order valence-electron chi connectivity index (χ2n) is 1.88. The zero-order valence-electron chi connectivity index (χ0n) is 4.76. The molecule has 0 aromatic rings. The molecule has 0 aliphatic carbocycles. The van der Waals surface area contributed by atoms with Crippen LogP contribution in [0.5, 0.6) is 0 Å². The van der Waals surface area contributed by atoms with E-state index in [1.54, 1.807) is 0 Å². The smallest absolute Gasteiger partial charge is 0.0414 e. The Bertz CT molecular complexity index is 137. The molecule has 0 fully saturated rings. The van der Waals surface area contributed by atoms with E-state index in [-0.39, 0.29) is 0 Å². The predicted octanol–water partition coefficient (Wildman–Crippen LogP) is 1.31. The summed E-state index contributed by atoms with van der Waals surface area (Å²) < 4.78 is 0. The summed E-state index contributed by atoms with van der Waals surface area (Å²) in [6.45, 7) is 2.09. The highest BCUT2D eigenvalue weighted by molar-refractivity contribution is 7.84. The van der Waals surface area contributed by atoms with E-state index in [2.05, 4.69) is 30.9 Å². The number of dihydropyridines is 1. The Morgan fingerprint density at radius 2 is 2.50 bits per heavy atom. The normalized spacial score (nSPS) is 26.8. The summed E-state index contributed by atoms with van der Waals surface area (Å²) in [7, 11) is 0. The van der Waals surface area contributed by atoms with Crippen molar-refractivity contribution in [3.8, 4) is 0 Å². The highest BCUT2D eigenvalue weighted by Crippen LogP contribution is 2.05. The fraction of sp³-hybridized carbons (Fsp3) is 0.333. The summed E-state index contributed by atoms with van der Waals surface area (Å²) in [5.41, 5.74) is 0. The quantitative estimate of drug-likeness (QED) is 0.467. The van der Waals surface area contributed by atoms with Crippen LogP contribution in [0.4, 0.5) is 0 Å². The minimum Gasteiger partial charge on any atom is -0.384 e. The van der Waals surface area contributed by atoms with Crippen LogP contribution in [0.25, 0.3) is 0 Å². The number of nitrogens with one attached hydrogen (secondary N) is 1. The largest absolute Gasteiger partial charge is 0.384 e. The molecule has 1 nitrogen and oxygen atoms in total. The fourth-order valence-electron chi connectivity index (χ4n) is 0.563. The second kappa shape index (κ2) is 2.27. The molecule has 1 rings (SSSR count). The summed E-state index contributed by atoms with van der Waals surface area (Å²) in [4.78, 5) is 0.989. The van der Waals surface area contributed by atoms with Crippen LogP contribution in [0.15, 0.2) is 23.3 Å². The van der Waals surface area contributed by atoms with Gasteiger partial charge < -0.3 is 5.32 Å². The van der Waals surface area contributed by atoms with Crippen LogP contribution in [-0.4, -0.2) is 6.04 Å². The molecule has 44 valence electrons. The van der Waals surface area contributed by atoms with Crippen molar-refractivity contribution in [3.05, 3.63) is 23.3 Å². The van der Waals surface area contributed by atoms with Crippen molar-refractivity contribution in [3.63, 3.8) is 0 Å². The topological polar surface area (TPSA) is 12.0 Å². The third-order valence-corrected chi connectivity index (χ3v) is 1.33. The first-order valence-corrected chi connectivity index (χ1v) is 3.07. The van der Waals surface area contributed by atoms with Gasteiger partial charge in [-0.15, -0.1) is 12.6 Å². The Labute approximate surface area is 54.9 Å². The maximum absolute atomic E-state index is 4.11. The SMILES string of the molecule is CC1C=CC(S)=CN1. The summed E-state index contributed by atoms with van der Waals surface area (Å²) in [5, 5.41) is 3.11.